The molecule has 0 aromatic carbocycles. The summed E-state index contributed by atoms with van der Waals surface area (Å²) in [6, 6.07) is 0. The second kappa shape index (κ2) is 3.69. The lowest BCUT2D eigenvalue weighted by atomic mass is 10.2. The molecule has 1 saturated heterocycles. The van der Waals surface area contributed by atoms with Crippen molar-refractivity contribution in [1.29, 1.82) is 0 Å². The highest BCUT2D eigenvalue weighted by Crippen LogP contribution is 2.21. The van der Waals surface area contributed by atoms with Crippen LogP contribution in [-0.2, 0) is 9.53 Å². The molecule has 14 heavy (non-hydrogen) atoms. The number of ether oxygens (including phenoxy) is 1. The Labute approximate surface area is 84.4 Å². The molecule has 0 saturated carbocycles. The predicted octanol–water partition coefficient (Wildman–Crippen LogP) is 1.60. The van der Waals surface area contributed by atoms with Crippen LogP contribution in [0.2, 0.25) is 0 Å². The summed E-state index contributed by atoms with van der Waals surface area (Å²) in [7, 11) is 0. The lowest BCUT2D eigenvalue weighted by molar-refractivity contribution is -0.751. The molecule has 1 heterocycles. The largest absolute Gasteiger partial charge is 0.524 e. The summed E-state index contributed by atoms with van der Waals surface area (Å²) >= 11 is 0. The van der Waals surface area contributed by atoms with Crippen LogP contribution in [0.25, 0.3) is 0 Å². The zero-order valence-electron chi connectivity index (χ0n) is 9.00. The van der Waals surface area contributed by atoms with E-state index in [0.29, 0.717) is 13.1 Å². The summed E-state index contributed by atoms with van der Waals surface area (Å²) in [6.07, 6.45) is 3.11. The van der Waals surface area contributed by atoms with E-state index in [2.05, 4.69) is 0 Å². The molecule has 0 aromatic rings. The molecule has 1 radical (unpaired) electrons. The third kappa shape index (κ3) is 2.32. The van der Waals surface area contributed by atoms with E-state index in [9.17, 15) is 9.59 Å². The molecule has 1 aliphatic rings. The third-order valence-corrected chi connectivity index (χ3v) is 2.25. The monoisotopic (exact) mass is 199 g/mol. The van der Waals surface area contributed by atoms with Crippen LogP contribution in [0.5, 0.6) is 0 Å². The Morgan fingerprint density at radius 2 is 1.79 bits per heavy atom. The van der Waals surface area contributed by atoms with E-state index in [4.69, 9.17) is 4.74 Å². The van der Waals surface area contributed by atoms with Crippen molar-refractivity contribution in [2.24, 2.45) is 0 Å². The fourth-order valence-corrected chi connectivity index (χ4v) is 1.54. The first-order chi connectivity index (χ1) is 6.40. The molecule has 0 aliphatic carbocycles. The Kier molecular flexibility index (Phi) is 2.95. The lowest BCUT2D eigenvalue weighted by Gasteiger charge is -2.25. The van der Waals surface area contributed by atoms with Crippen LogP contribution in [0.1, 0.15) is 33.6 Å². The van der Waals surface area contributed by atoms with Crippen molar-refractivity contribution in [3.05, 3.63) is 0 Å². The minimum Gasteiger partial charge on any atom is -0.414 e. The van der Waals surface area contributed by atoms with E-state index in [-0.39, 0.29) is 4.48 Å². The number of carbonyl (C=O) groups excluding carboxylic acids is 2. The Morgan fingerprint density at radius 1 is 1.29 bits per heavy atom. The van der Waals surface area contributed by atoms with Gasteiger partial charge in [0.05, 0.1) is 13.1 Å². The lowest BCUT2D eigenvalue weighted by Crippen LogP contribution is -2.51. The molecule has 0 bridgehead atoms. The highest BCUT2D eigenvalue weighted by atomic mass is 16.6. The molecule has 0 unspecified atom stereocenters. The number of hydrogen-bond acceptors (Lipinski definition) is 3. The van der Waals surface area contributed by atoms with Crippen molar-refractivity contribution in [2.45, 2.75) is 39.2 Å². The van der Waals surface area contributed by atoms with Crippen molar-refractivity contribution >= 4 is 12.5 Å². The van der Waals surface area contributed by atoms with Gasteiger partial charge in [0.1, 0.15) is 5.60 Å². The van der Waals surface area contributed by atoms with Crippen LogP contribution in [0.4, 0.5) is 4.79 Å². The van der Waals surface area contributed by atoms with Crippen LogP contribution in [0.3, 0.4) is 0 Å². The second-order valence-corrected chi connectivity index (χ2v) is 4.69. The Hall–Kier alpha value is -0.900. The highest BCUT2D eigenvalue weighted by Gasteiger charge is 2.45. The first-order valence-electron chi connectivity index (χ1n) is 4.90. The van der Waals surface area contributed by atoms with Gasteiger partial charge >= 0.3 is 12.5 Å². The smallest absolute Gasteiger partial charge is 0.414 e. The van der Waals surface area contributed by atoms with Gasteiger partial charge in [0.15, 0.2) is 0 Å². The number of imide groups is 1. The topological polar surface area (TPSA) is 43.4 Å². The van der Waals surface area contributed by atoms with E-state index in [1.807, 2.05) is 6.41 Å². The second-order valence-electron chi connectivity index (χ2n) is 4.69. The SMILES string of the molecule is CC(C)(C)OC(=O)[N+]1([C]=O)CCCC1. The number of quaternary nitrogens is 1. The molecule has 0 aromatic heterocycles. The molecule has 4 heteroatoms. The number of rotatable bonds is 1. The van der Waals surface area contributed by atoms with E-state index in [1.54, 1.807) is 20.8 Å². The van der Waals surface area contributed by atoms with Crippen LogP contribution >= 0.6 is 0 Å². The normalized spacial score (nSPS) is 20.5. The Bertz CT molecular complexity index is 236. The summed E-state index contributed by atoms with van der Waals surface area (Å²) in [5, 5.41) is 0. The molecule has 1 rings (SSSR count). The molecular formula is C10H17NO3+. The van der Waals surface area contributed by atoms with Gasteiger partial charge in [0.25, 0.3) is 0 Å². The number of carbonyl (C=O) groups is 1. The first-order valence-corrected chi connectivity index (χ1v) is 4.90. The minimum atomic E-state index is -0.540. The molecule has 1 fully saturated rings. The number of likely N-dealkylation sites (tertiary alicyclic amines) is 1. The van der Waals surface area contributed by atoms with Gasteiger partial charge in [-0.3, -0.25) is 0 Å². The average molecular weight is 199 g/mol. The first kappa shape index (κ1) is 11.2. The van der Waals surface area contributed by atoms with E-state index in [1.165, 1.54) is 0 Å². The molecule has 1 aliphatic heterocycles. The van der Waals surface area contributed by atoms with Gasteiger partial charge < -0.3 is 4.74 Å². The van der Waals surface area contributed by atoms with Gasteiger partial charge in [-0.15, -0.1) is 4.48 Å². The summed E-state index contributed by atoms with van der Waals surface area (Å²) in [5.41, 5.74) is -0.540. The molecule has 79 valence electrons. The van der Waals surface area contributed by atoms with Gasteiger partial charge in [0, 0.05) is 12.8 Å². The molecular weight excluding hydrogens is 182 g/mol. The van der Waals surface area contributed by atoms with Crippen molar-refractivity contribution in [1.82, 2.24) is 0 Å². The van der Waals surface area contributed by atoms with Crippen LogP contribution in [0.15, 0.2) is 0 Å². The van der Waals surface area contributed by atoms with E-state index in [0.717, 1.165) is 12.8 Å². The predicted molar refractivity (Wildman–Crippen MR) is 51.2 cm³/mol. The van der Waals surface area contributed by atoms with E-state index < -0.39 is 11.7 Å². The van der Waals surface area contributed by atoms with Crippen molar-refractivity contribution in [2.75, 3.05) is 13.1 Å². The summed E-state index contributed by atoms with van der Waals surface area (Å²) in [4.78, 5) is 22.5. The maximum atomic E-state index is 11.7. The van der Waals surface area contributed by atoms with Crippen LogP contribution in [0, 0.1) is 0 Å². The number of hydrogen-bond donors (Lipinski definition) is 0. The van der Waals surface area contributed by atoms with Crippen molar-refractivity contribution < 1.29 is 18.8 Å². The zero-order valence-corrected chi connectivity index (χ0v) is 9.00. The van der Waals surface area contributed by atoms with Gasteiger partial charge in [0.2, 0.25) is 0 Å². The van der Waals surface area contributed by atoms with Crippen LogP contribution < -0.4 is 0 Å². The minimum absolute atomic E-state index is 0.280. The maximum absolute atomic E-state index is 11.7. The molecule has 0 atom stereocenters. The fraction of sp³-hybridized carbons (Fsp3) is 0.800. The van der Waals surface area contributed by atoms with Gasteiger partial charge in [-0.05, 0) is 20.8 Å². The maximum Gasteiger partial charge on any atom is 0.524 e. The van der Waals surface area contributed by atoms with Gasteiger partial charge in [-0.25, -0.2) is 4.79 Å². The van der Waals surface area contributed by atoms with Gasteiger partial charge in [-0.1, -0.05) is 0 Å². The molecule has 4 nitrogen and oxygen atoms in total. The molecule has 0 spiro atoms. The summed E-state index contributed by atoms with van der Waals surface area (Å²) < 4.78 is 4.91. The molecule has 2 amide bonds. The quantitative estimate of drug-likeness (QED) is 0.602. The third-order valence-electron chi connectivity index (χ3n) is 2.25. The number of nitrogens with zero attached hydrogens (tertiary/aromatic N) is 1. The summed E-state index contributed by atoms with van der Waals surface area (Å²) in [6.45, 7) is 6.43. The van der Waals surface area contributed by atoms with Crippen molar-refractivity contribution in [3.8, 4) is 0 Å². The Morgan fingerprint density at radius 3 is 2.14 bits per heavy atom. The summed E-state index contributed by atoms with van der Waals surface area (Å²) in [5.74, 6) is 0. The van der Waals surface area contributed by atoms with Crippen LogP contribution in [-0.4, -0.2) is 35.7 Å². The highest BCUT2D eigenvalue weighted by molar-refractivity contribution is 5.69. The van der Waals surface area contributed by atoms with Gasteiger partial charge in [-0.2, -0.15) is 4.79 Å². The van der Waals surface area contributed by atoms with E-state index >= 15 is 0 Å². The number of amides is 2. The standard InChI is InChI=1S/C10H17NO3/c1-10(2,3)14-9(13)11(8-12)6-4-5-7-11/h4-7H2,1-3H3/q+1. The van der Waals surface area contributed by atoms with Crippen molar-refractivity contribution in [3.63, 3.8) is 0 Å². The Balaban J connectivity index is 2.71. The fourth-order valence-electron chi connectivity index (χ4n) is 1.54. The molecule has 0 N–H and O–H groups in total. The average Bonchev–Trinajstić information content (AvgIpc) is 2.49. The zero-order chi connectivity index (χ0) is 10.8.